The molecule has 2 atom stereocenters. The number of benzene rings is 2. The van der Waals surface area contributed by atoms with Crippen molar-refractivity contribution in [2.24, 2.45) is 0 Å². The van der Waals surface area contributed by atoms with Gasteiger partial charge >= 0.3 is 0 Å². The van der Waals surface area contributed by atoms with Crippen molar-refractivity contribution in [3.63, 3.8) is 0 Å². The third-order valence-corrected chi connectivity index (χ3v) is 5.47. The molecule has 2 heterocycles. The lowest BCUT2D eigenvalue weighted by atomic mass is 10.0. The van der Waals surface area contributed by atoms with E-state index in [4.69, 9.17) is 9.47 Å². The van der Waals surface area contributed by atoms with Gasteiger partial charge in [0.1, 0.15) is 18.0 Å². The Morgan fingerprint density at radius 3 is 2.80 bits per heavy atom. The average Bonchev–Trinajstić information content (AvgIpc) is 2.74. The van der Waals surface area contributed by atoms with Gasteiger partial charge in [0.05, 0.1) is 13.7 Å². The van der Waals surface area contributed by atoms with E-state index in [0.717, 1.165) is 17.3 Å². The monoisotopic (exact) mass is 414 g/mol. The van der Waals surface area contributed by atoms with Gasteiger partial charge in [-0.3, -0.25) is 9.59 Å². The zero-order chi connectivity index (χ0) is 21.3. The largest absolute Gasteiger partial charge is 0.494 e. The van der Waals surface area contributed by atoms with Gasteiger partial charge in [0.25, 0.3) is 5.91 Å². The van der Waals surface area contributed by atoms with E-state index >= 15 is 0 Å². The van der Waals surface area contributed by atoms with Crippen LogP contribution in [0.5, 0.6) is 11.5 Å². The molecule has 0 bridgehead atoms. The molecule has 2 N–H and O–H groups in total. The summed E-state index contributed by atoms with van der Waals surface area (Å²) in [6.45, 7) is 0.480. The van der Waals surface area contributed by atoms with Gasteiger partial charge < -0.3 is 24.8 Å². The Hall–Kier alpha value is -3.13. The maximum Gasteiger partial charge on any atom is 0.254 e. The summed E-state index contributed by atoms with van der Waals surface area (Å²) in [7, 11) is 1.36. The minimum Gasteiger partial charge on any atom is -0.494 e. The van der Waals surface area contributed by atoms with Gasteiger partial charge in [-0.1, -0.05) is 0 Å². The first kappa shape index (κ1) is 20.2. The number of hydrogen-bond donors (Lipinski definition) is 2. The SMILES string of the molecule is COc1ccc(C(=O)N2CC[C@@H](Oc3ccc4c(c3)CCC(=O)N4)[C@H](O)C2)cc1F. The number of carbonyl (C=O) groups is 2. The molecular formula is C22H23FN2O5. The van der Waals surface area contributed by atoms with E-state index in [1.54, 1.807) is 12.1 Å². The molecule has 8 heteroatoms. The van der Waals surface area contributed by atoms with Gasteiger partial charge in [-0.25, -0.2) is 4.39 Å². The Bertz CT molecular complexity index is 980. The van der Waals surface area contributed by atoms with Crippen LogP contribution in [0.25, 0.3) is 0 Å². The van der Waals surface area contributed by atoms with E-state index in [2.05, 4.69) is 5.32 Å². The molecule has 0 spiro atoms. The van der Waals surface area contributed by atoms with Crippen molar-refractivity contribution in [1.82, 2.24) is 4.90 Å². The third kappa shape index (κ3) is 4.09. The number of fused-ring (bicyclic) bond motifs is 1. The Morgan fingerprint density at radius 1 is 1.23 bits per heavy atom. The summed E-state index contributed by atoms with van der Waals surface area (Å²) < 4.78 is 24.8. The maximum absolute atomic E-state index is 13.9. The molecule has 30 heavy (non-hydrogen) atoms. The molecule has 0 saturated carbocycles. The number of aliphatic hydroxyl groups excluding tert-OH is 1. The number of rotatable bonds is 4. The Balaban J connectivity index is 1.39. The standard InChI is InChI=1S/C22H23FN2O5/c1-29-19-6-2-14(11-16(19)23)22(28)25-9-8-20(18(26)12-25)30-15-4-5-17-13(10-15)3-7-21(27)24-17/h2,4-6,10-11,18,20,26H,3,7-9,12H2,1H3,(H,24,27)/t18-,20-/m1/s1. The summed E-state index contributed by atoms with van der Waals surface area (Å²) in [4.78, 5) is 25.7. The summed E-state index contributed by atoms with van der Waals surface area (Å²) in [5, 5.41) is 13.4. The second-order valence-electron chi connectivity index (χ2n) is 7.48. The lowest BCUT2D eigenvalue weighted by Gasteiger charge is -2.36. The molecule has 2 aliphatic heterocycles. The highest BCUT2D eigenvalue weighted by Gasteiger charge is 2.32. The molecule has 1 fully saturated rings. The number of likely N-dealkylation sites (tertiary alicyclic amines) is 1. The lowest BCUT2D eigenvalue weighted by molar-refractivity contribution is -0.116. The predicted octanol–water partition coefficient (Wildman–Crippen LogP) is 2.37. The highest BCUT2D eigenvalue weighted by Crippen LogP contribution is 2.29. The smallest absolute Gasteiger partial charge is 0.254 e. The van der Waals surface area contributed by atoms with Crippen molar-refractivity contribution in [2.75, 3.05) is 25.5 Å². The molecule has 7 nitrogen and oxygen atoms in total. The Morgan fingerprint density at radius 2 is 2.07 bits per heavy atom. The number of aliphatic hydroxyl groups is 1. The zero-order valence-corrected chi connectivity index (χ0v) is 16.6. The summed E-state index contributed by atoms with van der Waals surface area (Å²) >= 11 is 0. The second-order valence-corrected chi connectivity index (χ2v) is 7.48. The number of nitrogens with zero attached hydrogens (tertiary/aromatic N) is 1. The van der Waals surface area contributed by atoms with Crippen LogP contribution in [0.2, 0.25) is 0 Å². The minimum absolute atomic E-state index is 0.000343. The zero-order valence-electron chi connectivity index (χ0n) is 16.6. The number of anilines is 1. The predicted molar refractivity (Wildman–Crippen MR) is 107 cm³/mol. The van der Waals surface area contributed by atoms with Crippen molar-refractivity contribution < 1.29 is 28.6 Å². The minimum atomic E-state index is -0.874. The van der Waals surface area contributed by atoms with E-state index in [0.29, 0.717) is 31.6 Å². The number of amides is 2. The highest BCUT2D eigenvalue weighted by atomic mass is 19.1. The first-order chi connectivity index (χ1) is 14.4. The third-order valence-electron chi connectivity index (χ3n) is 5.47. The number of ether oxygens (including phenoxy) is 2. The summed E-state index contributed by atoms with van der Waals surface area (Å²) in [6, 6.07) is 9.49. The quantitative estimate of drug-likeness (QED) is 0.802. The van der Waals surface area contributed by atoms with E-state index in [-0.39, 0.29) is 29.7 Å². The molecule has 0 unspecified atom stereocenters. The van der Waals surface area contributed by atoms with E-state index < -0.39 is 18.0 Å². The number of aryl methyl sites for hydroxylation is 1. The number of piperidine rings is 1. The van der Waals surface area contributed by atoms with Crippen LogP contribution in [-0.2, 0) is 11.2 Å². The molecule has 2 aromatic carbocycles. The molecule has 0 radical (unpaired) electrons. The van der Waals surface area contributed by atoms with Gasteiger partial charge in [0.2, 0.25) is 5.91 Å². The van der Waals surface area contributed by atoms with Gasteiger partial charge in [0.15, 0.2) is 11.6 Å². The Labute approximate surface area is 173 Å². The molecule has 2 aromatic rings. The molecule has 1 saturated heterocycles. The van der Waals surface area contributed by atoms with Gasteiger partial charge in [-0.15, -0.1) is 0 Å². The second kappa shape index (κ2) is 8.31. The highest BCUT2D eigenvalue weighted by molar-refractivity contribution is 5.94. The fraction of sp³-hybridized carbons (Fsp3) is 0.364. The fourth-order valence-corrected chi connectivity index (χ4v) is 3.82. The molecule has 4 rings (SSSR count). The van der Waals surface area contributed by atoms with Gasteiger partial charge in [-0.05, 0) is 48.4 Å². The number of carbonyl (C=O) groups excluding carboxylic acids is 2. The normalized spacial score (nSPS) is 20.9. The van der Waals surface area contributed by atoms with E-state index in [1.165, 1.54) is 24.1 Å². The molecule has 2 amide bonds. The van der Waals surface area contributed by atoms with E-state index in [9.17, 15) is 19.1 Å². The van der Waals surface area contributed by atoms with Gasteiger partial charge in [0, 0.05) is 30.6 Å². The summed E-state index contributed by atoms with van der Waals surface area (Å²) in [6.07, 6.45) is 0.191. The molecule has 0 aromatic heterocycles. The van der Waals surface area contributed by atoms with Crippen LogP contribution in [0, 0.1) is 5.82 Å². The first-order valence-corrected chi connectivity index (χ1v) is 9.85. The van der Waals surface area contributed by atoms with Crippen molar-refractivity contribution in [3.8, 4) is 11.5 Å². The van der Waals surface area contributed by atoms with E-state index in [1.807, 2.05) is 6.07 Å². The fourth-order valence-electron chi connectivity index (χ4n) is 3.82. The summed E-state index contributed by atoms with van der Waals surface area (Å²) in [5.74, 6) is -0.265. The molecule has 2 aliphatic rings. The number of nitrogens with one attached hydrogen (secondary N) is 1. The summed E-state index contributed by atoms with van der Waals surface area (Å²) in [5.41, 5.74) is 1.98. The van der Waals surface area contributed by atoms with Crippen molar-refractivity contribution >= 4 is 17.5 Å². The number of β-amino-alcohol motifs (C(OH)–C–C–N with tert-alkyl or cyclic N) is 1. The topological polar surface area (TPSA) is 88.1 Å². The lowest BCUT2D eigenvalue weighted by Crippen LogP contribution is -2.51. The molecular weight excluding hydrogens is 391 g/mol. The first-order valence-electron chi connectivity index (χ1n) is 9.85. The van der Waals surface area contributed by atoms with Crippen molar-refractivity contribution in [2.45, 2.75) is 31.5 Å². The van der Waals surface area contributed by atoms with Crippen LogP contribution in [0.15, 0.2) is 36.4 Å². The Kier molecular flexibility index (Phi) is 5.59. The van der Waals surface area contributed by atoms with Crippen LogP contribution in [0.1, 0.15) is 28.8 Å². The molecule has 158 valence electrons. The van der Waals surface area contributed by atoms with Gasteiger partial charge in [-0.2, -0.15) is 0 Å². The van der Waals surface area contributed by atoms with Crippen LogP contribution >= 0.6 is 0 Å². The maximum atomic E-state index is 13.9. The van der Waals surface area contributed by atoms with Crippen LogP contribution < -0.4 is 14.8 Å². The molecule has 0 aliphatic carbocycles. The van der Waals surface area contributed by atoms with Crippen molar-refractivity contribution in [1.29, 1.82) is 0 Å². The van der Waals surface area contributed by atoms with Crippen LogP contribution in [-0.4, -0.2) is 54.2 Å². The average molecular weight is 414 g/mol. The van der Waals surface area contributed by atoms with Crippen LogP contribution in [0.4, 0.5) is 10.1 Å². The number of halogens is 1. The number of hydrogen-bond acceptors (Lipinski definition) is 5. The number of methoxy groups -OCH3 is 1. The van der Waals surface area contributed by atoms with Crippen molar-refractivity contribution in [3.05, 3.63) is 53.3 Å². The van der Waals surface area contributed by atoms with Crippen LogP contribution in [0.3, 0.4) is 0 Å².